The van der Waals surface area contributed by atoms with Crippen LogP contribution in [0.4, 0.5) is 17.5 Å². The van der Waals surface area contributed by atoms with Crippen molar-refractivity contribution < 1.29 is 4.79 Å². The number of anilines is 3. The van der Waals surface area contributed by atoms with Gasteiger partial charge in [0.25, 0.3) is 0 Å². The van der Waals surface area contributed by atoms with Crippen LogP contribution in [0.2, 0.25) is 5.02 Å². The number of piperazine rings is 1. The first-order valence-electron chi connectivity index (χ1n) is 7.05. The van der Waals surface area contributed by atoms with Crippen LogP contribution in [0.25, 0.3) is 0 Å². The number of rotatable bonds is 4. The number of benzene rings is 1. The molecule has 0 aliphatic carbocycles. The molecule has 6 nitrogen and oxygen atoms in total. The van der Waals surface area contributed by atoms with Crippen molar-refractivity contribution in [1.82, 2.24) is 14.9 Å². The average molecular weight is 318 g/mol. The van der Waals surface area contributed by atoms with Crippen LogP contribution in [0.15, 0.2) is 36.5 Å². The van der Waals surface area contributed by atoms with Gasteiger partial charge in [0.15, 0.2) is 0 Å². The van der Waals surface area contributed by atoms with Gasteiger partial charge in [-0.2, -0.15) is 4.98 Å². The zero-order chi connectivity index (χ0) is 15.4. The molecule has 1 aromatic carbocycles. The molecule has 114 valence electrons. The molecule has 0 radical (unpaired) electrons. The predicted octanol–water partition coefficient (Wildman–Crippen LogP) is 2.15. The van der Waals surface area contributed by atoms with Crippen molar-refractivity contribution in [3.05, 3.63) is 41.6 Å². The van der Waals surface area contributed by atoms with Crippen molar-refractivity contribution in [3.63, 3.8) is 0 Å². The fraction of sp³-hybridized carbons (Fsp3) is 0.267. The van der Waals surface area contributed by atoms with Crippen LogP contribution in [0, 0.1) is 0 Å². The first-order valence-corrected chi connectivity index (χ1v) is 7.43. The van der Waals surface area contributed by atoms with E-state index >= 15 is 0 Å². The van der Waals surface area contributed by atoms with E-state index < -0.39 is 0 Å². The number of hydrogen-bond acceptors (Lipinski definition) is 5. The van der Waals surface area contributed by atoms with Gasteiger partial charge in [0.1, 0.15) is 5.82 Å². The molecule has 1 fully saturated rings. The zero-order valence-corrected chi connectivity index (χ0v) is 12.7. The Balaban J connectivity index is 1.73. The van der Waals surface area contributed by atoms with Crippen LogP contribution in [0.3, 0.4) is 0 Å². The van der Waals surface area contributed by atoms with Crippen molar-refractivity contribution in [1.29, 1.82) is 0 Å². The molecule has 0 atom stereocenters. The summed E-state index contributed by atoms with van der Waals surface area (Å²) in [6.07, 6.45) is 2.61. The molecule has 22 heavy (non-hydrogen) atoms. The Morgan fingerprint density at radius 1 is 1.14 bits per heavy atom. The minimum atomic E-state index is 0.503. The molecule has 0 saturated carbocycles. The fourth-order valence-electron chi connectivity index (χ4n) is 2.32. The van der Waals surface area contributed by atoms with Gasteiger partial charge in [0.05, 0.1) is 10.7 Å². The van der Waals surface area contributed by atoms with Crippen molar-refractivity contribution >= 4 is 35.5 Å². The summed E-state index contributed by atoms with van der Waals surface area (Å²) in [7, 11) is 0. The van der Waals surface area contributed by atoms with E-state index in [0.717, 1.165) is 31.0 Å². The molecule has 1 aliphatic rings. The van der Waals surface area contributed by atoms with Gasteiger partial charge in [-0.15, -0.1) is 0 Å². The highest BCUT2D eigenvalue weighted by Crippen LogP contribution is 2.24. The molecule has 0 spiro atoms. The monoisotopic (exact) mass is 317 g/mol. The number of carbonyl (C=O) groups is 1. The fourth-order valence-corrected chi connectivity index (χ4v) is 2.51. The standard InChI is InChI=1S/C15H16ClN5O/c16-12-3-1-2-4-13(12)18-15-17-6-5-14(19-15)21-9-7-20(11-22)8-10-21/h1-6,11H,7-10H2,(H,17,18,19). The number of nitrogens with zero attached hydrogens (tertiary/aromatic N) is 4. The minimum absolute atomic E-state index is 0.503. The first kappa shape index (κ1) is 14.6. The Bertz CT molecular complexity index is 658. The molecule has 0 bridgehead atoms. The Morgan fingerprint density at radius 3 is 2.64 bits per heavy atom. The van der Waals surface area contributed by atoms with E-state index in [0.29, 0.717) is 24.1 Å². The second-order valence-corrected chi connectivity index (χ2v) is 5.38. The molecule has 2 heterocycles. The Kier molecular flexibility index (Phi) is 4.39. The van der Waals surface area contributed by atoms with Gasteiger partial charge < -0.3 is 15.1 Å². The maximum Gasteiger partial charge on any atom is 0.229 e. The van der Waals surface area contributed by atoms with Gasteiger partial charge in [-0.1, -0.05) is 23.7 Å². The summed E-state index contributed by atoms with van der Waals surface area (Å²) in [6.45, 7) is 2.95. The Morgan fingerprint density at radius 2 is 1.91 bits per heavy atom. The maximum atomic E-state index is 10.8. The quantitative estimate of drug-likeness (QED) is 0.876. The van der Waals surface area contributed by atoms with Crippen LogP contribution >= 0.6 is 11.6 Å². The van der Waals surface area contributed by atoms with Crippen LogP contribution < -0.4 is 10.2 Å². The molecule has 1 saturated heterocycles. The number of carbonyl (C=O) groups excluding carboxylic acids is 1. The molecule has 1 amide bonds. The lowest BCUT2D eigenvalue weighted by atomic mass is 10.3. The van der Waals surface area contributed by atoms with Crippen molar-refractivity contribution in [2.24, 2.45) is 0 Å². The van der Waals surface area contributed by atoms with E-state index in [9.17, 15) is 4.79 Å². The van der Waals surface area contributed by atoms with E-state index in [1.807, 2.05) is 30.3 Å². The molecule has 0 unspecified atom stereocenters. The molecule has 1 aliphatic heterocycles. The predicted molar refractivity (Wildman–Crippen MR) is 86.6 cm³/mol. The smallest absolute Gasteiger partial charge is 0.229 e. The summed E-state index contributed by atoms with van der Waals surface area (Å²) >= 11 is 6.13. The molecular weight excluding hydrogens is 302 g/mol. The summed E-state index contributed by atoms with van der Waals surface area (Å²) in [5.41, 5.74) is 0.770. The summed E-state index contributed by atoms with van der Waals surface area (Å²) in [5.74, 6) is 1.35. The second kappa shape index (κ2) is 6.62. The topological polar surface area (TPSA) is 61.4 Å². The second-order valence-electron chi connectivity index (χ2n) is 4.97. The number of halogens is 1. The van der Waals surface area contributed by atoms with E-state index in [4.69, 9.17) is 11.6 Å². The molecule has 1 aromatic heterocycles. The molecule has 3 rings (SSSR count). The highest BCUT2D eigenvalue weighted by atomic mass is 35.5. The zero-order valence-electron chi connectivity index (χ0n) is 11.9. The van der Waals surface area contributed by atoms with Gasteiger partial charge >= 0.3 is 0 Å². The Labute approximate surface area is 133 Å². The van der Waals surface area contributed by atoms with Gasteiger partial charge in [0.2, 0.25) is 12.4 Å². The Hall–Kier alpha value is -2.34. The van der Waals surface area contributed by atoms with E-state index in [1.54, 1.807) is 11.1 Å². The molecule has 2 aromatic rings. The lowest BCUT2D eigenvalue weighted by Crippen LogP contribution is -2.46. The summed E-state index contributed by atoms with van der Waals surface area (Å²) in [6, 6.07) is 9.33. The van der Waals surface area contributed by atoms with Gasteiger partial charge in [-0.05, 0) is 18.2 Å². The van der Waals surface area contributed by atoms with Gasteiger partial charge in [0, 0.05) is 32.4 Å². The molecular formula is C15H16ClN5O. The maximum absolute atomic E-state index is 10.8. The first-order chi connectivity index (χ1) is 10.8. The third-order valence-electron chi connectivity index (χ3n) is 3.55. The van der Waals surface area contributed by atoms with Crippen LogP contribution in [0.1, 0.15) is 0 Å². The minimum Gasteiger partial charge on any atom is -0.353 e. The third-order valence-corrected chi connectivity index (χ3v) is 3.88. The van der Waals surface area contributed by atoms with Crippen LogP contribution in [0.5, 0.6) is 0 Å². The summed E-state index contributed by atoms with van der Waals surface area (Å²) < 4.78 is 0. The number of para-hydroxylation sites is 1. The SMILES string of the molecule is O=CN1CCN(c2ccnc(Nc3ccccc3Cl)n2)CC1. The highest BCUT2D eigenvalue weighted by Gasteiger charge is 2.17. The number of hydrogen-bond donors (Lipinski definition) is 1. The number of aromatic nitrogens is 2. The lowest BCUT2D eigenvalue weighted by molar-refractivity contribution is -0.118. The lowest BCUT2D eigenvalue weighted by Gasteiger charge is -2.33. The van der Waals surface area contributed by atoms with E-state index in [1.165, 1.54) is 0 Å². The van der Waals surface area contributed by atoms with Crippen molar-refractivity contribution in [2.45, 2.75) is 0 Å². The van der Waals surface area contributed by atoms with E-state index in [2.05, 4.69) is 20.2 Å². The molecule has 1 N–H and O–H groups in total. The number of nitrogens with one attached hydrogen (secondary N) is 1. The van der Waals surface area contributed by atoms with Crippen LogP contribution in [-0.4, -0.2) is 47.5 Å². The van der Waals surface area contributed by atoms with Gasteiger partial charge in [-0.3, -0.25) is 4.79 Å². The van der Waals surface area contributed by atoms with Crippen LogP contribution in [-0.2, 0) is 4.79 Å². The summed E-state index contributed by atoms with van der Waals surface area (Å²) in [5, 5.41) is 3.75. The normalized spacial score (nSPS) is 14.8. The third kappa shape index (κ3) is 3.28. The van der Waals surface area contributed by atoms with Crippen molar-refractivity contribution in [3.8, 4) is 0 Å². The number of amides is 1. The highest BCUT2D eigenvalue weighted by molar-refractivity contribution is 6.33. The van der Waals surface area contributed by atoms with E-state index in [-0.39, 0.29) is 0 Å². The largest absolute Gasteiger partial charge is 0.353 e. The molecule has 7 heteroatoms. The van der Waals surface area contributed by atoms with Crippen molar-refractivity contribution in [2.75, 3.05) is 36.4 Å². The average Bonchev–Trinajstić information content (AvgIpc) is 2.57. The van der Waals surface area contributed by atoms with Gasteiger partial charge in [-0.25, -0.2) is 4.98 Å². The summed E-state index contributed by atoms with van der Waals surface area (Å²) in [4.78, 5) is 23.4.